The van der Waals surface area contributed by atoms with Crippen molar-refractivity contribution in [3.63, 3.8) is 0 Å². The molecule has 0 bridgehead atoms. The van der Waals surface area contributed by atoms with E-state index in [0.717, 1.165) is 61.0 Å². The predicted octanol–water partition coefficient (Wildman–Crippen LogP) is 2.89. The number of hydrogen-bond acceptors (Lipinski definition) is 8. The number of benzene rings is 1. The molecular formula is C28H30F2N4O5S. The van der Waals surface area contributed by atoms with Gasteiger partial charge < -0.3 is 14.1 Å². The van der Waals surface area contributed by atoms with Crippen LogP contribution in [0.1, 0.15) is 40.8 Å². The van der Waals surface area contributed by atoms with Gasteiger partial charge in [-0.3, -0.25) is 14.7 Å². The number of fused-ring (bicyclic) bond motifs is 2. The van der Waals surface area contributed by atoms with Crippen LogP contribution in [0.25, 0.3) is 0 Å². The summed E-state index contributed by atoms with van der Waals surface area (Å²) >= 11 is 0. The molecule has 2 aliphatic rings. The molecule has 0 atom stereocenters. The van der Waals surface area contributed by atoms with Gasteiger partial charge in [-0.15, -0.1) is 0 Å². The van der Waals surface area contributed by atoms with E-state index in [1.807, 2.05) is 12.3 Å². The molecule has 2 aliphatic heterocycles. The Bertz CT molecular complexity index is 1600. The van der Waals surface area contributed by atoms with Gasteiger partial charge in [-0.2, -0.15) is 0 Å². The third-order valence-electron chi connectivity index (χ3n) is 7.34. The van der Waals surface area contributed by atoms with Crippen LogP contribution in [-0.4, -0.2) is 60.3 Å². The summed E-state index contributed by atoms with van der Waals surface area (Å²) in [5.74, 6) is -2.28. The fourth-order valence-corrected chi connectivity index (χ4v) is 5.49. The summed E-state index contributed by atoms with van der Waals surface area (Å²) in [7, 11) is -1.51. The number of pyridine rings is 2. The Morgan fingerprint density at radius 3 is 2.60 bits per heavy atom. The van der Waals surface area contributed by atoms with Gasteiger partial charge in [-0.1, -0.05) is 11.2 Å². The molecule has 0 amide bonds. The zero-order chi connectivity index (χ0) is 28.5. The minimum atomic E-state index is -3.26. The number of halogens is 2. The molecule has 212 valence electrons. The Hall–Kier alpha value is -3.48. The molecule has 0 unspecified atom stereocenters. The van der Waals surface area contributed by atoms with Crippen molar-refractivity contribution in [2.45, 2.75) is 31.6 Å². The summed E-state index contributed by atoms with van der Waals surface area (Å²) in [5, 5.41) is 4.01. The van der Waals surface area contributed by atoms with E-state index >= 15 is 0 Å². The molecule has 9 nitrogen and oxygen atoms in total. The maximum atomic E-state index is 14.0. The van der Waals surface area contributed by atoms with Gasteiger partial charge in [0.2, 0.25) is 0 Å². The van der Waals surface area contributed by atoms with Crippen LogP contribution in [-0.2, 0) is 45.2 Å². The van der Waals surface area contributed by atoms with Crippen LogP contribution in [0.15, 0.2) is 58.7 Å². The normalized spacial score (nSPS) is 17.2. The second-order valence-corrected chi connectivity index (χ2v) is 12.6. The summed E-state index contributed by atoms with van der Waals surface area (Å²) in [5.41, 5.74) is 3.32. The van der Waals surface area contributed by atoms with Gasteiger partial charge in [-0.05, 0) is 48.2 Å². The van der Waals surface area contributed by atoms with Gasteiger partial charge in [0, 0.05) is 62.5 Å². The topological polar surface area (TPSA) is 103 Å². The Labute approximate surface area is 231 Å². The molecule has 40 heavy (non-hydrogen) atoms. The molecule has 1 fully saturated rings. The van der Waals surface area contributed by atoms with Gasteiger partial charge in [0.1, 0.15) is 12.3 Å². The van der Waals surface area contributed by atoms with E-state index in [2.05, 4.69) is 15.0 Å². The van der Waals surface area contributed by atoms with Crippen LogP contribution >= 0.6 is 0 Å². The van der Waals surface area contributed by atoms with Crippen LogP contribution in [0.3, 0.4) is 0 Å². The Kier molecular flexibility index (Phi) is 7.85. The van der Waals surface area contributed by atoms with E-state index in [9.17, 15) is 22.0 Å². The number of rotatable bonds is 8. The van der Waals surface area contributed by atoms with Gasteiger partial charge in [0.15, 0.2) is 21.5 Å². The Morgan fingerprint density at radius 1 is 1.15 bits per heavy atom. The molecule has 5 rings (SSSR count). The van der Waals surface area contributed by atoms with E-state index in [1.165, 1.54) is 6.07 Å². The monoisotopic (exact) mass is 572 g/mol. The second kappa shape index (κ2) is 11.2. The van der Waals surface area contributed by atoms with E-state index in [-0.39, 0.29) is 29.2 Å². The van der Waals surface area contributed by atoms with Gasteiger partial charge >= 0.3 is 0 Å². The molecule has 0 aliphatic carbocycles. The van der Waals surface area contributed by atoms with E-state index < -0.39 is 27.1 Å². The molecule has 4 heterocycles. The molecule has 0 saturated carbocycles. The van der Waals surface area contributed by atoms with Crippen LogP contribution < -0.4 is 5.56 Å². The summed E-state index contributed by atoms with van der Waals surface area (Å²) < 4.78 is 58.1. The number of sulfone groups is 1. The zero-order valence-corrected chi connectivity index (χ0v) is 23.1. The van der Waals surface area contributed by atoms with Crippen LogP contribution in [0, 0.1) is 11.6 Å². The molecule has 3 aromatic rings. The van der Waals surface area contributed by atoms with Crippen molar-refractivity contribution in [2.24, 2.45) is 12.2 Å². The van der Waals surface area contributed by atoms with Crippen molar-refractivity contribution < 1.29 is 26.8 Å². The Morgan fingerprint density at radius 2 is 1.93 bits per heavy atom. The highest BCUT2D eigenvalue weighted by molar-refractivity contribution is 7.90. The molecule has 1 spiro atoms. The highest BCUT2D eigenvalue weighted by atomic mass is 32.2. The summed E-state index contributed by atoms with van der Waals surface area (Å²) in [4.78, 5) is 24.2. The second-order valence-electron chi connectivity index (χ2n) is 10.3. The maximum Gasteiger partial charge on any atom is 0.250 e. The third-order valence-corrected chi connectivity index (χ3v) is 8.25. The summed E-state index contributed by atoms with van der Waals surface area (Å²) in [6.45, 7) is 2.53. The highest BCUT2D eigenvalue weighted by Crippen LogP contribution is 2.43. The summed E-state index contributed by atoms with van der Waals surface area (Å²) in [6.07, 6.45) is 6.19. The standard InChI is InChI=1S/C28H30F2N4O5S/c1-33-17-21-18-38-28(22(21)14-26(33)35)7-9-34(10-8-28)16-19-3-6-25(31-15-19)27(32-39-11-12-40(2,36)37)20-4-5-23(29)24(30)13-20/h3-6,13-15,17H,7-12,16,18H2,1-2H3/b32-27+. The number of piperidine rings is 1. The summed E-state index contributed by atoms with van der Waals surface area (Å²) in [6, 6.07) is 8.63. The van der Waals surface area contributed by atoms with E-state index in [0.29, 0.717) is 18.8 Å². The highest BCUT2D eigenvalue weighted by Gasteiger charge is 2.43. The average molecular weight is 573 g/mol. The van der Waals surface area contributed by atoms with Gasteiger partial charge in [0.25, 0.3) is 5.56 Å². The number of hydrogen-bond donors (Lipinski definition) is 0. The number of nitrogens with zero attached hydrogens (tertiary/aromatic N) is 4. The maximum absolute atomic E-state index is 14.0. The van der Waals surface area contributed by atoms with E-state index in [4.69, 9.17) is 9.57 Å². The van der Waals surface area contributed by atoms with Crippen molar-refractivity contribution in [3.05, 3.63) is 98.7 Å². The molecule has 0 radical (unpaired) electrons. The van der Waals surface area contributed by atoms with Crippen molar-refractivity contribution >= 4 is 15.5 Å². The largest absolute Gasteiger partial charge is 0.394 e. The van der Waals surface area contributed by atoms with Crippen LogP contribution in [0.4, 0.5) is 8.78 Å². The lowest BCUT2D eigenvalue weighted by molar-refractivity contribution is -0.0799. The average Bonchev–Trinajstić information content (AvgIpc) is 3.24. The zero-order valence-electron chi connectivity index (χ0n) is 22.3. The molecule has 12 heteroatoms. The predicted molar refractivity (Wildman–Crippen MR) is 145 cm³/mol. The van der Waals surface area contributed by atoms with Crippen molar-refractivity contribution in [2.75, 3.05) is 31.7 Å². The Balaban J connectivity index is 1.27. The first-order valence-electron chi connectivity index (χ1n) is 12.9. The molecule has 1 aromatic carbocycles. The lowest BCUT2D eigenvalue weighted by Crippen LogP contribution is -2.42. The number of aryl methyl sites for hydroxylation is 1. The number of ether oxygens (including phenoxy) is 1. The van der Waals surface area contributed by atoms with Crippen LogP contribution in [0.5, 0.6) is 0 Å². The minimum absolute atomic E-state index is 0.0377. The number of aromatic nitrogens is 2. The minimum Gasteiger partial charge on any atom is -0.394 e. The molecular weight excluding hydrogens is 542 g/mol. The SMILES string of the molecule is Cn1cc2c(cc1=O)C1(CCN(Cc3ccc(/C(=N/OCCS(C)(=O)=O)c4ccc(F)c(F)c4)nc3)CC1)OC2. The van der Waals surface area contributed by atoms with Crippen molar-refractivity contribution in [3.8, 4) is 0 Å². The molecule has 1 saturated heterocycles. The van der Waals surface area contributed by atoms with Crippen LogP contribution in [0.2, 0.25) is 0 Å². The van der Waals surface area contributed by atoms with Gasteiger partial charge in [-0.25, -0.2) is 17.2 Å². The van der Waals surface area contributed by atoms with Crippen molar-refractivity contribution in [1.29, 1.82) is 0 Å². The first-order valence-corrected chi connectivity index (χ1v) is 14.9. The smallest absolute Gasteiger partial charge is 0.250 e. The quantitative estimate of drug-likeness (QED) is 0.232. The fourth-order valence-electron chi connectivity index (χ4n) is 5.11. The van der Waals surface area contributed by atoms with Crippen molar-refractivity contribution in [1.82, 2.24) is 14.5 Å². The van der Waals surface area contributed by atoms with Gasteiger partial charge in [0.05, 0.1) is 23.7 Å². The first kappa shape index (κ1) is 28.1. The fraction of sp³-hybridized carbons (Fsp3) is 0.393. The molecule has 0 N–H and O–H groups in total. The number of likely N-dealkylation sites (tertiary alicyclic amines) is 1. The lowest BCUT2D eigenvalue weighted by atomic mass is 9.84. The number of oxime groups is 1. The lowest BCUT2D eigenvalue weighted by Gasteiger charge is -2.39. The molecule has 2 aromatic heterocycles. The first-order chi connectivity index (χ1) is 19.0. The van der Waals surface area contributed by atoms with E-state index in [1.54, 1.807) is 29.9 Å². The third kappa shape index (κ3) is 6.13.